The topological polar surface area (TPSA) is 97.6 Å². The first-order valence-electron chi connectivity index (χ1n) is 6.88. The van der Waals surface area contributed by atoms with E-state index in [1.54, 1.807) is 11.9 Å². The van der Waals surface area contributed by atoms with Gasteiger partial charge in [0.05, 0.1) is 12.2 Å². The van der Waals surface area contributed by atoms with Crippen molar-refractivity contribution in [2.75, 3.05) is 48.3 Å². The summed E-state index contributed by atoms with van der Waals surface area (Å²) in [6.45, 7) is 6.32. The molecule has 8 heteroatoms. The molecule has 2 rings (SSSR count). The first kappa shape index (κ1) is 14.7. The number of nitrogens with zero attached hydrogens (tertiary/aromatic N) is 5. The number of aliphatic hydroxyl groups is 2. The molecule has 112 valence electrons. The van der Waals surface area contributed by atoms with Gasteiger partial charge in [0.25, 0.3) is 0 Å². The van der Waals surface area contributed by atoms with E-state index in [2.05, 4.69) is 20.3 Å². The van der Waals surface area contributed by atoms with Crippen molar-refractivity contribution >= 4 is 17.8 Å². The van der Waals surface area contributed by atoms with E-state index >= 15 is 0 Å². The van der Waals surface area contributed by atoms with Gasteiger partial charge in [0.2, 0.25) is 17.8 Å². The summed E-state index contributed by atoms with van der Waals surface area (Å²) in [7, 11) is 1.75. The van der Waals surface area contributed by atoms with E-state index in [1.165, 1.54) is 0 Å². The zero-order valence-electron chi connectivity index (χ0n) is 12.1. The van der Waals surface area contributed by atoms with Crippen LogP contribution in [-0.2, 0) is 0 Å². The van der Waals surface area contributed by atoms with Crippen LogP contribution in [-0.4, -0.2) is 70.6 Å². The monoisotopic (exact) mass is 282 g/mol. The molecular weight excluding hydrogens is 260 g/mol. The normalized spacial score (nSPS) is 22.1. The summed E-state index contributed by atoms with van der Waals surface area (Å²) in [5.74, 6) is 1.55. The molecule has 8 nitrogen and oxygen atoms in total. The van der Waals surface area contributed by atoms with Gasteiger partial charge >= 0.3 is 0 Å². The molecule has 0 aliphatic carbocycles. The second-order valence-electron chi connectivity index (χ2n) is 4.72. The van der Waals surface area contributed by atoms with Crippen molar-refractivity contribution in [3.05, 3.63) is 0 Å². The Morgan fingerprint density at radius 1 is 1.15 bits per heavy atom. The standard InChI is InChI=1S/C12H22N6O2/c1-4-17(5-2)11-14-10(13-3)15-12(16-11)18-6-8(19)9(20)7-18/h8-9,19-20H,4-7H2,1-3H3,(H,13,14,15,16). The van der Waals surface area contributed by atoms with E-state index in [0.717, 1.165) is 13.1 Å². The third-order valence-electron chi connectivity index (χ3n) is 3.42. The second kappa shape index (κ2) is 6.19. The van der Waals surface area contributed by atoms with Crippen LogP contribution in [0.4, 0.5) is 17.8 Å². The Bertz CT molecular complexity index is 444. The van der Waals surface area contributed by atoms with Gasteiger partial charge in [-0.2, -0.15) is 15.0 Å². The summed E-state index contributed by atoms with van der Waals surface area (Å²) in [5, 5.41) is 22.2. The lowest BCUT2D eigenvalue weighted by Gasteiger charge is -2.22. The Labute approximate surface area is 118 Å². The fourth-order valence-corrected chi connectivity index (χ4v) is 2.19. The number of aliphatic hydroxyl groups excluding tert-OH is 2. The molecule has 0 bridgehead atoms. The molecule has 0 spiro atoms. The number of rotatable bonds is 5. The molecule has 2 heterocycles. The Morgan fingerprint density at radius 3 is 2.25 bits per heavy atom. The molecule has 0 aromatic carbocycles. The third kappa shape index (κ3) is 2.91. The molecule has 0 radical (unpaired) electrons. The summed E-state index contributed by atoms with van der Waals surface area (Å²) in [4.78, 5) is 16.9. The lowest BCUT2D eigenvalue weighted by Crippen LogP contribution is -2.28. The van der Waals surface area contributed by atoms with Crippen LogP contribution in [0.5, 0.6) is 0 Å². The summed E-state index contributed by atoms with van der Waals surface area (Å²) < 4.78 is 0. The molecule has 1 aromatic rings. The summed E-state index contributed by atoms with van der Waals surface area (Å²) in [6.07, 6.45) is -1.52. The van der Waals surface area contributed by atoms with E-state index in [0.29, 0.717) is 30.9 Å². The van der Waals surface area contributed by atoms with Crippen LogP contribution in [0.25, 0.3) is 0 Å². The largest absolute Gasteiger partial charge is 0.388 e. The minimum absolute atomic E-state index is 0.325. The van der Waals surface area contributed by atoms with Gasteiger partial charge in [-0.3, -0.25) is 0 Å². The van der Waals surface area contributed by atoms with Gasteiger partial charge in [-0.1, -0.05) is 0 Å². The maximum atomic E-state index is 9.64. The number of aromatic nitrogens is 3. The molecular formula is C12H22N6O2. The first-order chi connectivity index (χ1) is 9.58. The average molecular weight is 282 g/mol. The fraction of sp³-hybridized carbons (Fsp3) is 0.750. The summed E-state index contributed by atoms with van der Waals surface area (Å²) in [5.41, 5.74) is 0. The molecule has 0 amide bonds. The minimum atomic E-state index is -0.762. The number of hydrogen-bond acceptors (Lipinski definition) is 8. The van der Waals surface area contributed by atoms with E-state index < -0.39 is 12.2 Å². The van der Waals surface area contributed by atoms with Gasteiger partial charge in [-0.15, -0.1) is 0 Å². The predicted octanol–water partition coefficient (Wildman–Crippen LogP) is -0.699. The maximum Gasteiger partial charge on any atom is 0.232 e. The van der Waals surface area contributed by atoms with Crippen molar-refractivity contribution in [2.45, 2.75) is 26.1 Å². The Balaban J connectivity index is 2.31. The zero-order chi connectivity index (χ0) is 14.7. The highest BCUT2D eigenvalue weighted by molar-refractivity contribution is 5.46. The minimum Gasteiger partial charge on any atom is -0.388 e. The highest BCUT2D eigenvalue weighted by atomic mass is 16.3. The molecule has 20 heavy (non-hydrogen) atoms. The third-order valence-corrected chi connectivity index (χ3v) is 3.42. The van der Waals surface area contributed by atoms with Crippen molar-refractivity contribution in [1.82, 2.24) is 15.0 Å². The first-order valence-corrected chi connectivity index (χ1v) is 6.88. The molecule has 2 unspecified atom stereocenters. The quantitative estimate of drug-likeness (QED) is 0.652. The van der Waals surface area contributed by atoms with E-state index in [-0.39, 0.29) is 0 Å². The predicted molar refractivity (Wildman–Crippen MR) is 77.2 cm³/mol. The van der Waals surface area contributed by atoms with Crippen LogP contribution >= 0.6 is 0 Å². The highest BCUT2D eigenvalue weighted by Crippen LogP contribution is 2.20. The molecule has 3 N–H and O–H groups in total. The van der Waals surface area contributed by atoms with E-state index in [4.69, 9.17) is 0 Å². The van der Waals surface area contributed by atoms with Crippen LogP contribution in [0.1, 0.15) is 13.8 Å². The van der Waals surface area contributed by atoms with Gasteiger partial charge in [0.1, 0.15) is 0 Å². The van der Waals surface area contributed by atoms with Crippen LogP contribution in [0.15, 0.2) is 0 Å². The van der Waals surface area contributed by atoms with Crippen LogP contribution < -0.4 is 15.1 Å². The molecule has 1 aliphatic heterocycles. The van der Waals surface area contributed by atoms with Gasteiger partial charge in [-0.05, 0) is 13.8 Å². The smallest absolute Gasteiger partial charge is 0.232 e. The van der Waals surface area contributed by atoms with Crippen LogP contribution in [0.3, 0.4) is 0 Å². The van der Waals surface area contributed by atoms with E-state index in [9.17, 15) is 10.2 Å². The fourth-order valence-electron chi connectivity index (χ4n) is 2.19. The molecule has 1 aromatic heterocycles. The molecule has 1 fully saturated rings. The Kier molecular flexibility index (Phi) is 4.56. The van der Waals surface area contributed by atoms with Gasteiger partial charge in [0.15, 0.2) is 0 Å². The summed E-state index contributed by atoms with van der Waals surface area (Å²) in [6, 6.07) is 0. The highest BCUT2D eigenvalue weighted by Gasteiger charge is 2.31. The van der Waals surface area contributed by atoms with Gasteiger partial charge in [-0.25, -0.2) is 0 Å². The zero-order valence-corrected chi connectivity index (χ0v) is 12.1. The molecule has 0 saturated carbocycles. The van der Waals surface area contributed by atoms with Crippen LogP contribution in [0, 0.1) is 0 Å². The lowest BCUT2D eigenvalue weighted by molar-refractivity contribution is 0.0572. The van der Waals surface area contributed by atoms with Crippen molar-refractivity contribution in [2.24, 2.45) is 0 Å². The molecule has 1 saturated heterocycles. The van der Waals surface area contributed by atoms with Crippen molar-refractivity contribution in [3.63, 3.8) is 0 Å². The number of hydrogen-bond donors (Lipinski definition) is 3. The number of anilines is 3. The van der Waals surface area contributed by atoms with E-state index in [1.807, 2.05) is 18.7 Å². The second-order valence-corrected chi connectivity index (χ2v) is 4.72. The summed E-state index contributed by atoms with van der Waals surface area (Å²) >= 11 is 0. The SMILES string of the molecule is CCN(CC)c1nc(NC)nc(N2CC(O)C(O)C2)n1. The lowest BCUT2D eigenvalue weighted by atomic mass is 10.3. The number of β-amino-alcohol motifs (C(OH)–C–C–N with tert-alkyl or cyclic N) is 2. The maximum absolute atomic E-state index is 9.64. The van der Waals surface area contributed by atoms with Crippen molar-refractivity contribution < 1.29 is 10.2 Å². The Morgan fingerprint density at radius 2 is 1.75 bits per heavy atom. The molecule has 2 atom stereocenters. The average Bonchev–Trinajstić information content (AvgIpc) is 2.80. The van der Waals surface area contributed by atoms with Crippen molar-refractivity contribution in [1.29, 1.82) is 0 Å². The van der Waals surface area contributed by atoms with Gasteiger partial charge in [0, 0.05) is 33.2 Å². The Hall–Kier alpha value is -1.67. The van der Waals surface area contributed by atoms with Crippen molar-refractivity contribution in [3.8, 4) is 0 Å². The van der Waals surface area contributed by atoms with Gasteiger partial charge < -0.3 is 25.3 Å². The number of nitrogens with one attached hydrogen (secondary N) is 1. The molecule has 1 aliphatic rings. The van der Waals surface area contributed by atoms with Crippen LogP contribution in [0.2, 0.25) is 0 Å².